The number of piperidine rings is 4. The number of likely N-dealkylation sites (tertiary alicyclic amines) is 4. The Balaban J connectivity index is 0.000000131. The maximum atomic E-state index is 12.3. The fourth-order valence-electron chi connectivity index (χ4n) is 16.5. The van der Waals surface area contributed by atoms with Gasteiger partial charge in [0.05, 0.1) is 49.7 Å². The molecule has 0 amide bonds. The lowest BCUT2D eigenvalue weighted by molar-refractivity contribution is 0.122. The number of ether oxygens (including phenoxy) is 3. The molecule has 8 aliphatic rings. The third kappa shape index (κ3) is 22.3. The van der Waals surface area contributed by atoms with Gasteiger partial charge in [0.25, 0.3) is 22.2 Å². The van der Waals surface area contributed by atoms with Crippen molar-refractivity contribution in [1.82, 2.24) is 79.4 Å². The van der Waals surface area contributed by atoms with Gasteiger partial charge in [-0.05, 0) is 178 Å². The summed E-state index contributed by atoms with van der Waals surface area (Å²) in [6, 6.07) is 17.8. The Labute approximate surface area is 654 Å². The van der Waals surface area contributed by atoms with Gasteiger partial charge in [0.15, 0.2) is 23.0 Å². The second kappa shape index (κ2) is 39.5. The Morgan fingerprint density at radius 3 is 1.23 bits per heavy atom. The second-order valence-electron chi connectivity index (χ2n) is 30.7. The van der Waals surface area contributed by atoms with Crippen LogP contribution in [0.15, 0.2) is 105 Å². The summed E-state index contributed by atoms with van der Waals surface area (Å²) in [5.41, 5.74) is 7.93. The Kier molecular flexibility index (Phi) is 28.3. The number of rotatable bonds is 21. The van der Waals surface area contributed by atoms with Crippen LogP contribution in [-0.4, -0.2) is 228 Å². The number of aromatic nitrogens is 12. The van der Waals surface area contributed by atoms with Gasteiger partial charge in [-0.1, -0.05) is 19.1 Å². The number of aromatic amines is 4. The molecule has 6 aromatic heterocycles. The van der Waals surface area contributed by atoms with Gasteiger partial charge in [-0.2, -0.15) is 0 Å². The molecule has 0 radical (unpaired) electrons. The second-order valence-corrected chi connectivity index (χ2v) is 30.7. The first-order valence-corrected chi connectivity index (χ1v) is 40.7. The van der Waals surface area contributed by atoms with Crippen molar-refractivity contribution in [3.8, 4) is 23.0 Å². The maximum Gasteiger partial charge on any atom is 0.252 e. The summed E-state index contributed by atoms with van der Waals surface area (Å²) in [5.74, 6) is 7.06. The van der Waals surface area contributed by atoms with Crippen molar-refractivity contribution in [3.63, 3.8) is 0 Å². The van der Waals surface area contributed by atoms with Crippen LogP contribution < -0.4 is 56.6 Å². The minimum absolute atomic E-state index is 0.0301. The highest BCUT2D eigenvalue weighted by Gasteiger charge is 2.30. The number of phenolic OH excluding ortho intramolecular Hbond substituents is 2. The molecule has 8 fully saturated rings. The first-order chi connectivity index (χ1) is 54.7. The summed E-state index contributed by atoms with van der Waals surface area (Å²) in [4.78, 5) is 115. The number of aromatic hydroxyl groups is 2. The van der Waals surface area contributed by atoms with Gasteiger partial charge in [-0.15, -0.1) is 0 Å². The van der Waals surface area contributed by atoms with Crippen LogP contribution in [0.5, 0.6) is 23.0 Å². The average molecular weight is 1540 g/mol. The number of nitrogens with one attached hydrogen (secondary N) is 5. The van der Waals surface area contributed by atoms with E-state index in [4.69, 9.17) is 34.1 Å². The van der Waals surface area contributed by atoms with E-state index in [2.05, 4.69) is 91.3 Å². The van der Waals surface area contributed by atoms with E-state index >= 15 is 0 Å². The highest BCUT2D eigenvalue weighted by Crippen LogP contribution is 2.35. The lowest BCUT2D eigenvalue weighted by Gasteiger charge is -2.33. The van der Waals surface area contributed by atoms with E-state index in [9.17, 15) is 29.4 Å². The van der Waals surface area contributed by atoms with E-state index in [0.29, 0.717) is 61.0 Å². The molecular formula is C82H113N21O9. The molecular weight excluding hydrogens is 1420 g/mol. The quantitative estimate of drug-likeness (QED) is 0.0356. The summed E-state index contributed by atoms with van der Waals surface area (Å²) in [5, 5.41) is 22.8. The highest BCUT2D eigenvalue weighted by atomic mass is 16.5. The van der Waals surface area contributed by atoms with Crippen LogP contribution in [0.1, 0.15) is 178 Å². The van der Waals surface area contributed by atoms with Crippen molar-refractivity contribution in [2.75, 3.05) is 164 Å². The molecule has 0 bridgehead atoms. The molecule has 8 aromatic rings. The highest BCUT2D eigenvalue weighted by molar-refractivity contribution is 5.43. The number of phenols is 2. The first kappa shape index (κ1) is 80.2. The number of morpholine rings is 1. The minimum atomic E-state index is -0.0986. The summed E-state index contributed by atoms with van der Waals surface area (Å²) >= 11 is 0. The molecule has 16 rings (SSSR count). The number of hydrogen-bond donors (Lipinski definition) is 7. The Bertz CT molecular complexity index is 4400. The maximum absolute atomic E-state index is 12.3. The fourth-order valence-corrected chi connectivity index (χ4v) is 16.5. The number of benzene rings is 2. The molecule has 14 heterocycles. The van der Waals surface area contributed by atoms with Crippen LogP contribution >= 0.6 is 0 Å². The zero-order valence-electron chi connectivity index (χ0n) is 65.7. The van der Waals surface area contributed by atoms with E-state index in [1.807, 2.05) is 57.0 Å². The fraction of sp³-hybridized carbons (Fsp3) is 0.561. The molecule has 30 nitrogen and oxygen atoms in total. The first-order valence-electron chi connectivity index (χ1n) is 40.7. The molecule has 0 aliphatic carbocycles. The molecule has 8 saturated heterocycles. The molecule has 600 valence electrons. The predicted octanol–water partition coefficient (Wildman–Crippen LogP) is 8.24. The number of nitrogens with zero attached hydrogens (tertiary/aromatic N) is 16. The molecule has 0 saturated carbocycles. The monoisotopic (exact) mass is 1540 g/mol. The van der Waals surface area contributed by atoms with Gasteiger partial charge in [0.2, 0.25) is 29.7 Å². The standard InChI is InChI=1S/C22H30N4O4.C21H28N4O3.C20H28N6O.C19H27N7O/c1-2-30-20-12-16(5-6-19(20)27)14-25-7-3-4-17(15-25)18-13-21(28)24-22(23-18)26-8-10-29-11-9-26;1-28-19-5-4-15(12-18(19)26)14-24-10-6-16(7-11-24)17-13-20(27)23-21(22-17)25-8-2-3-9-25;1-2-18-21-12-15(13-22-18)14-25-9-5-16(6-10-25)17-11-19(27)24-20(23-17)26-7-3-4-8-26;1-20-18-21-11-14(12-22-18)13-25-8-4-15(5-9-25)16-10-17(27)24-19(23-16)26-6-2-3-7-26/h5-6,12-13,17,27H,2-4,7-11,14-15H2,1H3,(H,23,24,28);4-5,12-13,16,26H,2-3,6-11,14H2,1H3,(H,22,23,27);11-13,16H,2-10,14H2,1H3,(H,23,24,27);10-12,15H,2-9,13H2,1H3,(H,20,21,22)(H,23,24,27). The molecule has 8 aliphatic heterocycles. The third-order valence-corrected chi connectivity index (χ3v) is 22.7. The smallest absolute Gasteiger partial charge is 0.252 e. The van der Waals surface area contributed by atoms with Crippen LogP contribution in [0.3, 0.4) is 0 Å². The van der Waals surface area contributed by atoms with Crippen molar-refractivity contribution in [2.24, 2.45) is 0 Å². The summed E-state index contributed by atoms with van der Waals surface area (Å²) in [7, 11) is 3.37. The molecule has 112 heavy (non-hydrogen) atoms. The molecule has 30 heteroatoms. The molecule has 7 N–H and O–H groups in total. The van der Waals surface area contributed by atoms with Crippen molar-refractivity contribution in [3.05, 3.63) is 178 Å². The topological polar surface area (TPSA) is 341 Å². The summed E-state index contributed by atoms with van der Waals surface area (Å²) < 4.78 is 16.0. The lowest BCUT2D eigenvalue weighted by atomic mass is 9.93. The van der Waals surface area contributed by atoms with E-state index in [-0.39, 0.29) is 39.7 Å². The van der Waals surface area contributed by atoms with Crippen LogP contribution in [0.25, 0.3) is 0 Å². The lowest BCUT2D eigenvalue weighted by Crippen LogP contribution is -2.39. The molecule has 2 aromatic carbocycles. The number of hydrogen-bond acceptors (Lipinski definition) is 26. The van der Waals surface area contributed by atoms with Crippen molar-refractivity contribution in [1.29, 1.82) is 0 Å². The van der Waals surface area contributed by atoms with Crippen molar-refractivity contribution < 1.29 is 24.4 Å². The SMILES string of the molecule is CCOc1cc(CN2CCCC(c3cc(=O)[nH]c(N4CCOCC4)n3)C2)ccc1O.CCc1ncc(CN2CCC(c3cc(=O)[nH]c(N4CCCC4)n3)CC2)cn1.CNc1ncc(CN2CCC(c3cc(=O)[nH]c(N4CCCC4)n3)CC2)cn1.COc1ccc(CN2CCC(c3cc(=O)[nH]c(N4CCCC4)n3)CC2)cc1O. The van der Waals surface area contributed by atoms with Gasteiger partial charge in [0, 0.05) is 182 Å². The van der Waals surface area contributed by atoms with E-state index < -0.39 is 0 Å². The number of aryl methyl sites for hydroxylation is 1. The van der Waals surface area contributed by atoms with Crippen molar-refractivity contribution >= 4 is 29.7 Å². The predicted molar refractivity (Wildman–Crippen MR) is 433 cm³/mol. The minimum Gasteiger partial charge on any atom is -0.504 e. The van der Waals surface area contributed by atoms with Gasteiger partial charge >= 0.3 is 0 Å². The van der Waals surface area contributed by atoms with E-state index in [1.165, 1.54) is 25.7 Å². The zero-order chi connectivity index (χ0) is 77.7. The van der Waals surface area contributed by atoms with E-state index in [0.717, 1.165) is 270 Å². The number of methoxy groups -OCH3 is 1. The van der Waals surface area contributed by atoms with Gasteiger partial charge in [0.1, 0.15) is 5.82 Å². The Morgan fingerprint density at radius 1 is 0.429 bits per heavy atom. The van der Waals surface area contributed by atoms with Gasteiger partial charge in [-0.25, -0.2) is 39.9 Å². The number of anilines is 5. The number of H-pyrrole nitrogens is 4. The largest absolute Gasteiger partial charge is 0.504 e. The van der Waals surface area contributed by atoms with Gasteiger partial charge in [-0.3, -0.25) is 58.7 Å². The van der Waals surface area contributed by atoms with Crippen LogP contribution in [-0.2, 0) is 37.3 Å². The third-order valence-electron chi connectivity index (χ3n) is 22.7. The normalized spacial score (nSPS) is 19.2. The molecule has 1 atom stereocenters. The van der Waals surface area contributed by atoms with Crippen LogP contribution in [0, 0.1) is 0 Å². The van der Waals surface area contributed by atoms with E-state index in [1.54, 1.807) is 49.6 Å². The van der Waals surface area contributed by atoms with Crippen LogP contribution in [0.2, 0.25) is 0 Å². The molecule has 1 unspecified atom stereocenters. The molecule has 0 spiro atoms. The van der Waals surface area contributed by atoms with Crippen LogP contribution in [0.4, 0.5) is 29.7 Å². The Morgan fingerprint density at radius 2 is 0.821 bits per heavy atom. The van der Waals surface area contributed by atoms with Crippen molar-refractivity contribution in [2.45, 2.75) is 160 Å². The zero-order valence-corrected chi connectivity index (χ0v) is 65.7. The summed E-state index contributed by atoms with van der Waals surface area (Å²) in [6.45, 7) is 24.2. The summed E-state index contributed by atoms with van der Waals surface area (Å²) in [6.07, 6.45) is 23.7. The Hall–Kier alpha value is -9.88. The van der Waals surface area contributed by atoms with Gasteiger partial charge < -0.3 is 49.3 Å². The average Bonchev–Trinajstić information content (AvgIpc) is 1.09.